The van der Waals surface area contributed by atoms with E-state index in [1.807, 2.05) is 34.6 Å². The Bertz CT molecular complexity index is 1560. The molecule has 236 valence electrons. The first-order valence-electron chi connectivity index (χ1n) is 15.6. The highest BCUT2D eigenvalue weighted by Crippen LogP contribution is 2.45. The predicted molar refractivity (Wildman–Crippen MR) is 175 cm³/mol. The smallest absolute Gasteiger partial charge is 0.337 e. The number of halogens is 2. The number of anilines is 1. The standard InChI is InChI=1S/C36H45ClFN3O3/c1-22-30(25-8-9-26-20-40(15-12-24(26)18-25)21-27-10-11-28(38)19-29(27)37)32(41-16-13-36(6,7)14-17-41)31(23(2)39-22)33(34(42)43)44-35(3,4)5/h8-11,18-19,33H,12-17,20-21H2,1-7H3,(H,42,43). The van der Waals surface area contributed by atoms with Crippen LogP contribution in [0.25, 0.3) is 11.1 Å². The Hall–Kier alpha value is -3.00. The molecule has 0 saturated carbocycles. The number of rotatable bonds is 7. The summed E-state index contributed by atoms with van der Waals surface area (Å²) < 4.78 is 19.8. The SMILES string of the molecule is Cc1nc(C)c(C(OC(C)(C)C)C(=O)O)c(N2CCC(C)(C)CC2)c1-c1ccc2c(c1)CCN(Cc1ccc(F)cc1Cl)C2. The van der Waals surface area contributed by atoms with Gasteiger partial charge in [-0.25, -0.2) is 9.18 Å². The normalized spacial score (nSPS) is 17.8. The molecular weight excluding hydrogens is 577 g/mol. The van der Waals surface area contributed by atoms with Gasteiger partial charge < -0.3 is 14.7 Å². The van der Waals surface area contributed by atoms with E-state index in [2.05, 4.69) is 41.8 Å². The molecule has 0 bridgehead atoms. The molecule has 0 spiro atoms. The molecule has 1 saturated heterocycles. The third-order valence-corrected chi connectivity index (χ3v) is 9.32. The maximum Gasteiger partial charge on any atom is 0.337 e. The van der Waals surface area contributed by atoms with Crippen molar-refractivity contribution in [2.24, 2.45) is 5.41 Å². The second kappa shape index (κ2) is 12.4. The Morgan fingerprint density at radius 3 is 2.41 bits per heavy atom. The van der Waals surface area contributed by atoms with Crippen molar-refractivity contribution in [2.45, 2.75) is 92.5 Å². The maximum absolute atomic E-state index is 13.6. The van der Waals surface area contributed by atoms with Crippen molar-refractivity contribution in [1.82, 2.24) is 9.88 Å². The topological polar surface area (TPSA) is 65.9 Å². The number of nitrogens with zero attached hydrogens (tertiary/aromatic N) is 3. The summed E-state index contributed by atoms with van der Waals surface area (Å²) in [6, 6.07) is 11.2. The van der Waals surface area contributed by atoms with Crippen LogP contribution in [0.5, 0.6) is 0 Å². The molecule has 1 N–H and O–H groups in total. The Kier molecular flexibility index (Phi) is 9.14. The Balaban J connectivity index is 1.56. The fourth-order valence-electron chi connectivity index (χ4n) is 6.55. The maximum atomic E-state index is 13.6. The van der Waals surface area contributed by atoms with Crippen LogP contribution < -0.4 is 4.90 Å². The van der Waals surface area contributed by atoms with Crippen LogP contribution in [0.1, 0.15) is 87.2 Å². The number of aromatic nitrogens is 1. The Morgan fingerprint density at radius 2 is 1.77 bits per heavy atom. The zero-order valence-corrected chi connectivity index (χ0v) is 27.8. The van der Waals surface area contributed by atoms with Crippen LogP contribution in [0, 0.1) is 25.1 Å². The molecule has 2 aliphatic heterocycles. The van der Waals surface area contributed by atoms with Crippen LogP contribution in [0.4, 0.5) is 10.1 Å². The number of carboxylic acids is 1. The number of aliphatic carboxylic acids is 1. The van der Waals surface area contributed by atoms with Crippen LogP contribution in [-0.4, -0.2) is 46.2 Å². The fraction of sp³-hybridized carbons (Fsp3) is 0.500. The highest BCUT2D eigenvalue weighted by molar-refractivity contribution is 6.31. The summed E-state index contributed by atoms with van der Waals surface area (Å²) >= 11 is 6.33. The molecule has 3 aromatic rings. The van der Waals surface area contributed by atoms with Gasteiger partial charge in [0.25, 0.3) is 0 Å². The molecule has 0 aliphatic carbocycles. The molecular formula is C36H45ClFN3O3. The lowest BCUT2D eigenvalue weighted by Gasteiger charge is -2.41. The van der Waals surface area contributed by atoms with Crippen LogP contribution in [0.3, 0.4) is 0 Å². The van der Waals surface area contributed by atoms with Gasteiger partial charge in [0.2, 0.25) is 0 Å². The highest BCUT2D eigenvalue weighted by Gasteiger charge is 2.36. The molecule has 2 aliphatic rings. The van der Waals surface area contributed by atoms with E-state index in [4.69, 9.17) is 21.3 Å². The number of hydrogen-bond acceptors (Lipinski definition) is 5. The number of carbonyl (C=O) groups is 1. The minimum atomic E-state index is -1.14. The average molecular weight is 622 g/mol. The number of hydrogen-bond donors (Lipinski definition) is 1. The molecule has 1 aromatic heterocycles. The van der Waals surface area contributed by atoms with E-state index in [9.17, 15) is 14.3 Å². The second-order valence-electron chi connectivity index (χ2n) is 14.2. The van der Waals surface area contributed by atoms with Crippen LogP contribution >= 0.6 is 11.6 Å². The molecule has 6 nitrogen and oxygen atoms in total. The number of piperidine rings is 1. The molecule has 5 rings (SSSR count). The molecule has 1 atom stereocenters. The minimum Gasteiger partial charge on any atom is -0.479 e. The Labute approximate surface area is 266 Å². The summed E-state index contributed by atoms with van der Waals surface area (Å²) in [6.45, 7) is 18.2. The van der Waals surface area contributed by atoms with E-state index in [0.717, 1.165) is 73.5 Å². The van der Waals surface area contributed by atoms with Crippen molar-refractivity contribution in [3.8, 4) is 11.1 Å². The number of benzene rings is 2. The van der Waals surface area contributed by atoms with Crippen LogP contribution in [0.15, 0.2) is 36.4 Å². The van der Waals surface area contributed by atoms with Crippen molar-refractivity contribution >= 4 is 23.3 Å². The molecule has 3 heterocycles. The second-order valence-corrected chi connectivity index (χ2v) is 14.6. The van der Waals surface area contributed by atoms with Gasteiger partial charge in [-0.3, -0.25) is 9.88 Å². The van der Waals surface area contributed by atoms with E-state index in [1.54, 1.807) is 6.07 Å². The van der Waals surface area contributed by atoms with Gasteiger partial charge in [-0.05, 0) is 93.7 Å². The third-order valence-electron chi connectivity index (χ3n) is 8.97. The first-order valence-corrected chi connectivity index (χ1v) is 15.9. The van der Waals surface area contributed by atoms with Gasteiger partial charge in [0.05, 0.1) is 11.3 Å². The van der Waals surface area contributed by atoms with Gasteiger partial charge in [0, 0.05) is 60.3 Å². The molecule has 2 aromatic carbocycles. The first-order chi connectivity index (χ1) is 20.6. The van der Waals surface area contributed by atoms with Gasteiger partial charge in [0.1, 0.15) is 5.82 Å². The number of pyridine rings is 1. The van der Waals surface area contributed by atoms with E-state index in [0.29, 0.717) is 22.8 Å². The fourth-order valence-corrected chi connectivity index (χ4v) is 6.77. The molecule has 8 heteroatoms. The minimum absolute atomic E-state index is 0.234. The summed E-state index contributed by atoms with van der Waals surface area (Å²) in [5, 5.41) is 10.9. The third kappa shape index (κ3) is 7.11. The van der Waals surface area contributed by atoms with Crippen molar-refractivity contribution in [3.63, 3.8) is 0 Å². The van der Waals surface area contributed by atoms with E-state index in [1.165, 1.54) is 23.3 Å². The number of carboxylic acid groups (broad SMARTS) is 1. The monoisotopic (exact) mass is 621 g/mol. The van der Waals surface area contributed by atoms with Crippen molar-refractivity contribution in [3.05, 3.63) is 80.9 Å². The zero-order chi connectivity index (χ0) is 32.0. The van der Waals surface area contributed by atoms with Gasteiger partial charge in [0.15, 0.2) is 6.10 Å². The zero-order valence-electron chi connectivity index (χ0n) is 27.1. The number of fused-ring (bicyclic) bond motifs is 1. The lowest BCUT2D eigenvalue weighted by atomic mass is 9.81. The van der Waals surface area contributed by atoms with Crippen molar-refractivity contribution in [1.29, 1.82) is 0 Å². The van der Waals surface area contributed by atoms with E-state index in [-0.39, 0.29) is 11.2 Å². The summed E-state index contributed by atoms with van der Waals surface area (Å²) in [4.78, 5) is 22.4. The first kappa shape index (κ1) is 32.4. The molecule has 44 heavy (non-hydrogen) atoms. The van der Waals surface area contributed by atoms with Gasteiger partial charge >= 0.3 is 5.97 Å². The largest absolute Gasteiger partial charge is 0.479 e. The van der Waals surface area contributed by atoms with Crippen LogP contribution in [0.2, 0.25) is 5.02 Å². The molecule has 1 fully saturated rings. The number of ether oxygens (including phenoxy) is 1. The summed E-state index contributed by atoms with van der Waals surface area (Å²) in [5.41, 5.74) is 8.20. The lowest BCUT2D eigenvalue weighted by Crippen LogP contribution is -2.39. The molecule has 0 radical (unpaired) electrons. The van der Waals surface area contributed by atoms with Gasteiger partial charge in [-0.1, -0.05) is 49.7 Å². The highest BCUT2D eigenvalue weighted by atomic mass is 35.5. The average Bonchev–Trinajstić information content (AvgIpc) is 2.92. The van der Waals surface area contributed by atoms with Crippen molar-refractivity contribution in [2.75, 3.05) is 24.5 Å². The van der Waals surface area contributed by atoms with Gasteiger partial charge in [-0.15, -0.1) is 0 Å². The number of aryl methyl sites for hydroxylation is 2. The van der Waals surface area contributed by atoms with Crippen LogP contribution in [-0.2, 0) is 29.0 Å². The Morgan fingerprint density at radius 1 is 1.07 bits per heavy atom. The molecule has 0 amide bonds. The summed E-state index contributed by atoms with van der Waals surface area (Å²) in [6.07, 6.45) is 1.76. The quantitative estimate of drug-likeness (QED) is 0.286. The summed E-state index contributed by atoms with van der Waals surface area (Å²) in [7, 11) is 0. The lowest BCUT2D eigenvalue weighted by molar-refractivity contribution is -0.160. The summed E-state index contributed by atoms with van der Waals surface area (Å²) in [5.74, 6) is -1.34. The molecule has 1 unspecified atom stereocenters. The van der Waals surface area contributed by atoms with E-state index < -0.39 is 17.7 Å². The predicted octanol–water partition coefficient (Wildman–Crippen LogP) is 8.28. The van der Waals surface area contributed by atoms with Crippen molar-refractivity contribution < 1.29 is 19.0 Å². The van der Waals surface area contributed by atoms with Gasteiger partial charge in [-0.2, -0.15) is 0 Å². The van der Waals surface area contributed by atoms with E-state index >= 15 is 0 Å².